The molecule has 126 valence electrons. The average Bonchev–Trinajstić information content (AvgIpc) is 3.44. The molecule has 1 fully saturated rings. The molecular formula is C18H21N3O3. The molecule has 24 heavy (non-hydrogen) atoms. The Morgan fingerprint density at radius 1 is 1.25 bits per heavy atom. The lowest BCUT2D eigenvalue weighted by atomic mass is 10.2. The highest BCUT2D eigenvalue weighted by Gasteiger charge is 2.25. The van der Waals surface area contributed by atoms with E-state index in [0.29, 0.717) is 24.0 Å². The largest absolute Gasteiger partial charge is 0.493 e. The molecule has 1 aliphatic rings. The van der Waals surface area contributed by atoms with Crippen LogP contribution in [0.2, 0.25) is 0 Å². The van der Waals surface area contributed by atoms with Gasteiger partial charge in [0, 0.05) is 11.6 Å². The van der Waals surface area contributed by atoms with E-state index in [9.17, 15) is 4.79 Å². The second-order valence-corrected chi connectivity index (χ2v) is 5.93. The summed E-state index contributed by atoms with van der Waals surface area (Å²) in [6.45, 7) is 2.27. The third-order valence-electron chi connectivity index (χ3n) is 3.89. The molecule has 1 heterocycles. The maximum absolute atomic E-state index is 12.0. The van der Waals surface area contributed by atoms with Crippen LogP contribution in [-0.2, 0) is 11.3 Å². The van der Waals surface area contributed by atoms with Gasteiger partial charge in [-0.25, -0.2) is 9.97 Å². The quantitative estimate of drug-likeness (QED) is 0.845. The molecule has 1 aromatic heterocycles. The van der Waals surface area contributed by atoms with Crippen molar-refractivity contribution in [1.82, 2.24) is 15.3 Å². The number of hydrogen-bond donors (Lipinski definition) is 1. The molecule has 1 aromatic carbocycles. The van der Waals surface area contributed by atoms with Gasteiger partial charge in [-0.15, -0.1) is 0 Å². The van der Waals surface area contributed by atoms with E-state index in [1.165, 1.54) is 12.8 Å². The molecule has 2 aromatic rings. The summed E-state index contributed by atoms with van der Waals surface area (Å²) in [7, 11) is 1.58. The van der Waals surface area contributed by atoms with Crippen LogP contribution in [0.15, 0.2) is 30.6 Å². The fourth-order valence-corrected chi connectivity index (χ4v) is 2.39. The highest BCUT2D eigenvalue weighted by atomic mass is 16.5. The summed E-state index contributed by atoms with van der Waals surface area (Å²) in [5.41, 5.74) is 2.95. The van der Waals surface area contributed by atoms with E-state index >= 15 is 0 Å². The number of aromatic nitrogens is 2. The van der Waals surface area contributed by atoms with Gasteiger partial charge < -0.3 is 14.8 Å². The van der Waals surface area contributed by atoms with Crippen LogP contribution in [0, 0.1) is 6.92 Å². The predicted molar refractivity (Wildman–Crippen MR) is 89.1 cm³/mol. The Hall–Kier alpha value is -2.63. The normalized spacial score (nSPS) is 13.4. The number of nitrogens with one attached hydrogen (secondary N) is 1. The summed E-state index contributed by atoms with van der Waals surface area (Å²) in [6, 6.07) is 7.54. The monoisotopic (exact) mass is 327 g/mol. The summed E-state index contributed by atoms with van der Waals surface area (Å²) in [5.74, 6) is 1.54. The molecule has 0 bridgehead atoms. The average molecular weight is 327 g/mol. The van der Waals surface area contributed by atoms with Crippen molar-refractivity contribution in [1.29, 1.82) is 0 Å². The molecular weight excluding hydrogens is 306 g/mol. The van der Waals surface area contributed by atoms with E-state index in [0.717, 1.165) is 17.0 Å². The van der Waals surface area contributed by atoms with Crippen molar-refractivity contribution in [3.63, 3.8) is 0 Å². The molecule has 3 rings (SSSR count). The Labute approximate surface area is 141 Å². The van der Waals surface area contributed by atoms with Gasteiger partial charge in [0.05, 0.1) is 19.3 Å². The molecule has 1 N–H and O–H groups in total. The highest BCUT2D eigenvalue weighted by molar-refractivity contribution is 5.77. The van der Waals surface area contributed by atoms with Crippen LogP contribution in [-0.4, -0.2) is 29.6 Å². The van der Waals surface area contributed by atoms with Crippen molar-refractivity contribution in [3.8, 4) is 11.5 Å². The number of hydrogen-bond acceptors (Lipinski definition) is 5. The summed E-state index contributed by atoms with van der Waals surface area (Å²) in [5, 5.41) is 2.81. The minimum atomic E-state index is -0.204. The van der Waals surface area contributed by atoms with Gasteiger partial charge in [-0.2, -0.15) is 0 Å². The Balaban J connectivity index is 1.50. The van der Waals surface area contributed by atoms with Gasteiger partial charge in [0.2, 0.25) is 0 Å². The first kappa shape index (κ1) is 16.2. The number of carbonyl (C=O) groups excluding carboxylic acids is 1. The topological polar surface area (TPSA) is 73.3 Å². The Morgan fingerprint density at radius 3 is 2.83 bits per heavy atom. The van der Waals surface area contributed by atoms with Crippen LogP contribution in [0.5, 0.6) is 11.5 Å². The van der Waals surface area contributed by atoms with Crippen molar-refractivity contribution < 1.29 is 14.3 Å². The summed E-state index contributed by atoms with van der Waals surface area (Å²) >= 11 is 0. The van der Waals surface area contributed by atoms with Crippen molar-refractivity contribution in [2.24, 2.45) is 0 Å². The number of nitrogens with zero attached hydrogens (tertiary/aromatic N) is 2. The fraction of sp³-hybridized carbons (Fsp3) is 0.389. The SMILES string of the molecule is COc1cc(C)ccc1OCC(=O)NCc1cc(C2CC2)ncn1. The Morgan fingerprint density at radius 2 is 2.08 bits per heavy atom. The lowest BCUT2D eigenvalue weighted by molar-refractivity contribution is -0.123. The third kappa shape index (κ3) is 4.22. The molecule has 0 saturated heterocycles. The molecule has 1 aliphatic carbocycles. The lowest BCUT2D eigenvalue weighted by Crippen LogP contribution is -2.28. The van der Waals surface area contributed by atoms with Crippen LogP contribution >= 0.6 is 0 Å². The third-order valence-corrected chi connectivity index (χ3v) is 3.89. The molecule has 1 saturated carbocycles. The first-order valence-corrected chi connectivity index (χ1v) is 8.00. The Bertz CT molecular complexity index is 729. The van der Waals surface area contributed by atoms with Crippen molar-refractivity contribution in [2.75, 3.05) is 13.7 Å². The first-order valence-electron chi connectivity index (χ1n) is 8.00. The number of methoxy groups -OCH3 is 1. The zero-order chi connectivity index (χ0) is 16.9. The van der Waals surface area contributed by atoms with E-state index in [-0.39, 0.29) is 12.5 Å². The molecule has 0 unspecified atom stereocenters. The number of carbonyl (C=O) groups is 1. The summed E-state index contributed by atoms with van der Waals surface area (Å²) in [6.07, 6.45) is 3.94. The standard InChI is InChI=1S/C18H21N3O3/c1-12-3-6-16(17(7-12)23-2)24-10-18(22)19-9-14-8-15(13-4-5-13)21-11-20-14/h3,6-8,11,13H,4-5,9-10H2,1-2H3,(H,19,22). The maximum Gasteiger partial charge on any atom is 0.258 e. The van der Waals surface area contributed by atoms with Crippen LogP contribution in [0.25, 0.3) is 0 Å². The smallest absolute Gasteiger partial charge is 0.258 e. The van der Waals surface area contributed by atoms with Crippen molar-refractivity contribution >= 4 is 5.91 Å². The maximum atomic E-state index is 12.0. The van der Waals surface area contributed by atoms with E-state index in [4.69, 9.17) is 9.47 Å². The molecule has 6 nitrogen and oxygen atoms in total. The summed E-state index contributed by atoms with van der Waals surface area (Å²) < 4.78 is 10.8. The van der Waals surface area contributed by atoms with E-state index in [1.54, 1.807) is 19.5 Å². The molecule has 0 spiro atoms. The number of rotatable bonds is 7. The summed E-state index contributed by atoms with van der Waals surface area (Å²) in [4.78, 5) is 20.4. The molecule has 0 atom stereocenters. The highest BCUT2D eigenvalue weighted by Crippen LogP contribution is 2.38. The van der Waals surface area contributed by atoms with Gasteiger partial charge in [0.25, 0.3) is 5.91 Å². The van der Waals surface area contributed by atoms with E-state index in [2.05, 4.69) is 15.3 Å². The number of ether oxygens (including phenoxy) is 2. The van der Waals surface area contributed by atoms with E-state index < -0.39 is 0 Å². The number of benzene rings is 1. The van der Waals surface area contributed by atoms with Crippen LogP contribution in [0.1, 0.15) is 35.7 Å². The zero-order valence-corrected chi connectivity index (χ0v) is 13.9. The van der Waals surface area contributed by atoms with Crippen LogP contribution < -0.4 is 14.8 Å². The van der Waals surface area contributed by atoms with Gasteiger partial charge >= 0.3 is 0 Å². The van der Waals surface area contributed by atoms with Gasteiger partial charge in [-0.1, -0.05) is 6.07 Å². The lowest BCUT2D eigenvalue weighted by Gasteiger charge is -2.11. The molecule has 0 aliphatic heterocycles. The minimum Gasteiger partial charge on any atom is -0.493 e. The predicted octanol–water partition coefficient (Wildman–Crippen LogP) is 2.37. The second-order valence-electron chi connectivity index (χ2n) is 5.93. The molecule has 1 amide bonds. The number of aryl methyl sites for hydroxylation is 1. The van der Waals surface area contributed by atoms with Crippen LogP contribution in [0.3, 0.4) is 0 Å². The van der Waals surface area contributed by atoms with Crippen molar-refractivity contribution in [2.45, 2.75) is 32.2 Å². The zero-order valence-electron chi connectivity index (χ0n) is 13.9. The van der Waals surface area contributed by atoms with Gasteiger partial charge in [-0.3, -0.25) is 4.79 Å². The molecule has 0 radical (unpaired) electrons. The van der Waals surface area contributed by atoms with Gasteiger partial charge in [0.15, 0.2) is 18.1 Å². The first-order chi connectivity index (χ1) is 11.7. The van der Waals surface area contributed by atoms with Crippen LogP contribution in [0.4, 0.5) is 0 Å². The van der Waals surface area contributed by atoms with E-state index in [1.807, 2.05) is 25.1 Å². The fourth-order valence-electron chi connectivity index (χ4n) is 2.39. The van der Waals surface area contributed by atoms with Gasteiger partial charge in [-0.05, 0) is 43.5 Å². The second kappa shape index (κ2) is 7.29. The Kier molecular flexibility index (Phi) is 4.93. The van der Waals surface area contributed by atoms with Crippen molar-refractivity contribution in [3.05, 3.63) is 47.5 Å². The minimum absolute atomic E-state index is 0.0695. The van der Waals surface area contributed by atoms with Gasteiger partial charge in [0.1, 0.15) is 6.33 Å². The molecule has 6 heteroatoms. The number of amides is 1.